The van der Waals surface area contributed by atoms with Crippen LogP contribution in [0, 0.1) is 25.7 Å². The van der Waals surface area contributed by atoms with Crippen LogP contribution in [0.3, 0.4) is 0 Å². The highest BCUT2D eigenvalue weighted by molar-refractivity contribution is 5.92. The first-order valence-electron chi connectivity index (χ1n) is 6.45. The maximum absolute atomic E-state index is 12.1. The van der Waals surface area contributed by atoms with Crippen LogP contribution in [0.1, 0.15) is 36.9 Å². The van der Waals surface area contributed by atoms with Crippen LogP contribution >= 0.6 is 0 Å². The Balaban J connectivity index is 2.00. The summed E-state index contributed by atoms with van der Waals surface area (Å²) < 4.78 is 5.03. The zero-order valence-corrected chi connectivity index (χ0v) is 11.1. The van der Waals surface area contributed by atoms with Gasteiger partial charge < -0.3 is 9.63 Å². The van der Waals surface area contributed by atoms with Gasteiger partial charge in [0.2, 0.25) is 11.8 Å². The van der Waals surface area contributed by atoms with Crippen LogP contribution in [0.15, 0.2) is 4.52 Å². The lowest BCUT2D eigenvalue weighted by Crippen LogP contribution is -2.31. The van der Waals surface area contributed by atoms with Crippen molar-refractivity contribution in [2.24, 2.45) is 11.8 Å². The zero-order valence-electron chi connectivity index (χ0n) is 11.1. The number of carboxylic acids is 1. The standard InChI is InChI=1S/C13H18N2O4/c1-7-8(2)15-19-12(7)14-11(16)9-4-3-5-10(6-9)13(17)18/h9-10H,3-6H2,1-2H3,(H,14,16)(H,17,18). The van der Waals surface area contributed by atoms with Crippen molar-refractivity contribution in [3.63, 3.8) is 0 Å². The molecule has 2 rings (SSSR count). The second-order valence-electron chi connectivity index (χ2n) is 5.11. The summed E-state index contributed by atoms with van der Waals surface area (Å²) in [5, 5.41) is 15.5. The number of hydrogen-bond acceptors (Lipinski definition) is 4. The van der Waals surface area contributed by atoms with Crippen LogP contribution in [-0.2, 0) is 9.59 Å². The molecule has 0 saturated heterocycles. The van der Waals surface area contributed by atoms with Crippen LogP contribution in [0.25, 0.3) is 0 Å². The second-order valence-corrected chi connectivity index (χ2v) is 5.11. The number of rotatable bonds is 3. The molecule has 1 amide bonds. The Morgan fingerprint density at radius 1 is 1.32 bits per heavy atom. The highest BCUT2D eigenvalue weighted by Crippen LogP contribution is 2.30. The number of carboxylic acid groups (broad SMARTS) is 1. The molecule has 19 heavy (non-hydrogen) atoms. The summed E-state index contributed by atoms with van der Waals surface area (Å²) in [5.74, 6) is -1.31. The Morgan fingerprint density at radius 2 is 2.00 bits per heavy atom. The number of carbonyl (C=O) groups excluding carboxylic acids is 1. The fourth-order valence-corrected chi connectivity index (χ4v) is 2.40. The summed E-state index contributed by atoms with van der Waals surface area (Å²) in [4.78, 5) is 23.1. The molecule has 2 unspecified atom stereocenters. The van der Waals surface area contributed by atoms with E-state index in [9.17, 15) is 9.59 Å². The summed E-state index contributed by atoms with van der Waals surface area (Å²) in [5.41, 5.74) is 1.54. The zero-order chi connectivity index (χ0) is 14.0. The van der Waals surface area contributed by atoms with Gasteiger partial charge in [-0.2, -0.15) is 0 Å². The van der Waals surface area contributed by atoms with Crippen LogP contribution in [-0.4, -0.2) is 22.1 Å². The van der Waals surface area contributed by atoms with Crippen molar-refractivity contribution >= 4 is 17.8 Å². The minimum atomic E-state index is -0.816. The minimum absolute atomic E-state index is 0.176. The van der Waals surface area contributed by atoms with E-state index < -0.39 is 11.9 Å². The maximum atomic E-state index is 12.1. The van der Waals surface area contributed by atoms with E-state index in [1.807, 2.05) is 6.92 Å². The molecule has 6 nitrogen and oxygen atoms in total. The lowest BCUT2D eigenvalue weighted by Gasteiger charge is -2.25. The summed E-state index contributed by atoms with van der Waals surface area (Å²) in [6, 6.07) is 0. The van der Waals surface area contributed by atoms with E-state index in [0.717, 1.165) is 24.1 Å². The molecule has 1 fully saturated rings. The molecule has 1 aliphatic carbocycles. The number of hydrogen-bond donors (Lipinski definition) is 2. The van der Waals surface area contributed by atoms with Gasteiger partial charge in [0.1, 0.15) is 0 Å². The van der Waals surface area contributed by atoms with Gasteiger partial charge in [0.05, 0.1) is 11.6 Å². The van der Waals surface area contributed by atoms with Gasteiger partial charge in [0.15, 0.2) is 0 Å². The molecule has 1 aromatic heterocycles. The molecule has 2 N–H and O–H groups in total. The Morgan fingerprint density at radius 3 is 2.58 bits per heavy atom. The number of aryl methyl sites for hydroxylation is 1. The lowest BCUT2D eigenvalue weighted by molar-refractivity contribution is -0.143. The first kappa shape index (κ1) is 13.6. The minimum Gasteiger partial charge on any atom is -0.481 e. The van der Waals surface area contributed by atoms with Crippen molar-refractivity contribution in [1.82, 2.24) is 5.16 Å². The molecule has 1 aliphatic rings. The Labute approximate surface area is 111 Å². The van der Waals surface area contributed by atoms with Crippen molar-refractivity contribution in [3.05, 3.63) is 11.3 Å². The Bertz CT molecular complexity index is 495. The fourth-order valence-electron chi connectivity index (χ4n) is 2.40. The number of aromatic nitrogens is 1. The van der Waals surface area contributed by atoms with Crippen LogP contribution in [0.2, 0.25) is 0 Å². The molecule has 1 aromatic rings. The molecule has 1 heterocycles. The third-order valence-corrected chi connectivity index (χ3v) is 3.79. The van der Waals surface area contributed by atoms with Crippen molar-refractivity contribution in [2.45, 2.75) is 39.5 Å². The van der Waals surface area contributed by atoms with Crippen LogP contribution in [0.5, 0.6) is 0 Å². The lowest BCUT2D eigenvalue weighted by atomic mass is 9.81. The van der Waals surface area contributed by atoms with Crippen molar-refractivity contribution in [3.8, 4) is 0 Å². The van der Waals surface area contributed by atoms with Gasteiger partial charge in [-0.1, -0.05) is 11.6 Å². The number of nitrogens with one attached hydrogen (secondary N) is 1. The van der Waals surface area contributed by atoms with E-state index in [-0.39, 0.29) is 11.8 Å². The highest BCUT2D eigenvalue weighted by atomic mass is 16.5. The highest BCUT2D eigenvalue weighted by Gasteiger charge is 2.31. The number of anilines is 1. The van der Waals surface area contributed by atoms with Gasteiger partial charge in [0.25, 0.3) is 0 Å². The molecule has 1 saturated carbocycles. The number of aliphatic carboxylic acids is 1. The first-order valence-corrected chi connectivity index (χ1v) is 6.45. The molecule has 6 heteroatoms. The summed E-state index contributed by atoms with van der Waals surface area (Å²) in [6.45, 7) is 3.62. The number of nitrogens with zero attached hydrogens (tertiary/aromatic N) is 1. The van der Waals surface area contributed by atoms with Crippen molar-refractivity contribution in [2.75, 3.05) is 5.32 Å². The summed E-state index contributed by atoms with van der Waals surface area (Å²) in [6.07, 6.45) is 2.54. The summed E-state index contributed by atoms with van der Waals surface area (Å²) >= 11 is 0. The predicted molar refractivity (Wildman–Crippen MR) is 67.7 cm³/mol. The SMILES string of the molecule is Cc1noc(NC(=O)C2CCCC(C(=O)O)C2)c1C. The first-order chi connectivity index (χ1) is 8.99. The second kappa shape index (κ2) is 5.42. The normalized spacial score (nSPS) is 23.1. The molecular weight excluding hydrogens is 248 g/mol. The van der Waals surface area contributed by atoms with E-state index in [2.05, 4.69) is 10.5 Å². The van der Waals surface area contributed by atoms with Crippen molar-refractivity contribution < 1.29 is 19.2 Å². The smallest absolute Gasteiger partial charge is 0.306 e. The van der Waals surface area contributed by atoms with Crippen LogP contribution < -0.4 is 5.32 Å². The average molecular weight is 266 g/mol. The molecule has 2 atom stereocenters. The van der Waals surface area contributed by atoms with Crippen LogP contribution in [0.4, 0.5) is 5.88 Å². The monoisotopic (exact) mass is 266 g/mol. The fraction of sp³-hybridized carbons (Fsp3) is 0.615. The molecule has 0 spiro atoms. The Kier molecular flexibility index (Phi) is 3.87. The van der Waals surface area contributed by atoms with Gasteiger partial charge in [0, 0.05) is 11.5 Å². The number of amides is 1. The van der Waals surface area contributed by atoms with Crippen molar-refractivity contribution in [1.29, 1.82) is 0 Å². The van der Waals surface area contributed by atoms with E-state index in [4.69, 9.17) is 9.63 Å². The van der Waals surface area contributed by atoms with Gasteiger partial charge in [-0.25, -0.2) is 0 Å². The summed E-state index contributed by atoms with van der Waals surface area (Å²) in [7, 11) is 0. The number of carbonyl (C=O) groups is 2. The molecule has 0 aliphatic heterocycles. The van der Waals surface area contributed by atoms with E-state index >= 15 is 0 Å². The average Bonchev–Trinajstić information content (AvgIpc) is 2.71. The largest absolute Gasteiger partial charge is 0.481 e. The van der Waals surface area contributed by atoms with Gasteiger partial charge in [-0.05, 0) is 33.1 Å². The van der Waals surface area contributed by atoms with E-state index in [1.54, 1.807) is 6.92 Å². The van der Waals surface area contributed by atoms with E-state index in [0.29, 0.717) is 18.7 Å². The third kappa shape index (κ3) is 2.94. The molecular formula is C13H18N2O4. The van der Waals surface area contributed by atoms with Gasteiger partial charge in [-0.15, -0.1) is 0 Å². The predicted octanol–water partition coefficient (Wildman–Crippen LogP) is 2.12. The molecule has 0 aromatic carbocycles. The maximum Gasteiger partial charge on any atom is 0.306 e. The topological polar surface area (TPSA) is 92.4 Å². The molecule has 104 valence electrons. The third-order valence-electron chi connectivity index (χ3n) is 3.79. The molecule has 0 bridgehead atoms. The molecule has 0 radical (unpaired) electrons. The van der Waals surface area contributed by atoms with E-state index in [1.165, 1.54) is 0 Å². The Hall–Kier alpha value is -1.85. The van der Waals surface area contributed by atoms with Gasteiger partial charge >= 0.3 is 5.97 Å². The quantitative estimate of drug-likeness (QED) is 0.874. The van der Waals surface area contributed by atoms with Gasteiger partial charge in [-0.3, -0.25) is 14.9 Å².